The van der Waals surface area contributed by atoms with Gasteiger partial charge in [0.25, 0.3) is 10.0 Å². The topological polar surface area (TPSA) is 96.0 Å². The Morgan fingerprint density at radius 3 is 2.27 bits per heavy atom. The van der Waals surface area contributed by atoms with Gasteiger partial charge in [0.15, 0.2) is 0 Å². The number of nitrogens with one attached hydrogen (secondary N) is 1. The number of hydrogen-bond acceptors (Lipinski definition) is 5. The van der Waals surface area contributed by atoms with Crippen LogP contribution >= 0.6 is 0 Å². The second-order valence-corrected chi connectivity index (χ2v) is 11.2. The molecule has 0 heterocycles. The fraction of sp³-hybridized carbons (Fsp3) is 0.333. The lowest BCUT2D eigenvalue weighted by molar-refractivity contribution is -0.140. The van der Waals surface area contributed by atoms with E-state index in [9.17, 15) is 22.4 Å². The van der Waals surface area contributed by atoms with Crippen LogP contribution in [0.5, 0.6) is 5.75 Å². The van der Waals surface area contributed by atoms with Crippen molar-refractivity contribution in [2.75, 3.05) is 24.5 Å². The Morgan fingerprint density at radius 2 is 1.68 bits per heavy atom. The molecule has 1 N–H and O–H groups in total. The molecule has 0 saturated carbocycles. The first-order chi connectivity index (χ1) is 19.1. The molecule has 0 aliphatic carbocycles. The summed E-state index contributed by atoms with van der Waals surface area (Å²) < 4.78 is 48.0. The molecule has 0 unspecified atom stereocenters. The summed E-state index contributed by atoms with van der Waals surface area (Å²) >= 11 is 0. The third kappa shape index (κ3) is 7.38. The zero-order valence-corrected chi connectivity index (χ0v) is 24.1. The van der Waals surface area contributed by atoms with Crippen molar-refractivity contribution in [2.24, 2.45) is 0 Å². The maximum atomic E-state index is 14.1. The van der Waals surface area contributed by atoms with E-state index in [0.29, 0.717) is 24.9 Å². The summed E-state index contributed by atoms with van der Waals surface area (Å²) in [6.07, 6.45) is 1.01. The molecule has 0 aliphatic rings. The average molecular weight is 570 g/mol. The fourth-order valence-electron chi connectivity index (χ4n) is 4.30. The van der Waals surface area contributed by atoms with Crippen molar-refractivity contribution in [3.05, 3.63) is 89.7 Å². The predicted molar refractivity (Wildman–Crippen MR) is 153 cm³/mol. The number of carbonyl (C=O) groups excluding carboxylic acids is 2. The third-order valence-corrected chi connectivity index (χ3v) is 8.19. The number of aryl methyl sites for hydroxylation is 1. The number of halogens is 1. The number of sulfonamides is 1. The first-order valence-electron chi connectivity index (χ1n) is 13.2. The van der Waals surface area contributed by atoms with Crippen LogP contribution in [0.2, 0.25) is 0 Å². The van der Waals surface area contributed by atoms with Crippen LogP contribution in [0, 0.1) is 12.7 Å². The highest BCUT2D eigenvalue weighted by atomic mass is 32.2. The fourth-order valence-corrected chi connectivity index (χ4v) is 5.74. The van der Waals surface area contributed by atoms with Gasteiger partial charge >= 0.3 is 0 Å². The number of ether oxygens (including phenoxy) is 1. The summed E-state index contributed by atoms with van der Waals surface area (Å²) in [4.78, 5) is 28.5. The Balaban J connectivity index is 2.10. The molecule has 1 atom stereocenters. The van der Waals surface area contributed by atoms with Gasteiger partial charge in [-0.25, -0.2) is 12.8 Å². The summed E-state index contributed by atoms with van der Waals surface area (Å²) in [5.41, 5.74) is 1.57. The van der Waals surface area contributed by atoms with Crippen LogP contribution in [-0.4, -0.2) is 51.4 Å². The van der Waals surface area contributed by atoms with Gasteiger partial charge in [-0.05, 0) is 67.3 Å². The first kappa shape index (κ1) is 30.6. The molecule has 3 aromatic carbocycles. The Labute approximate surface area is 235 Å². The quantitative estimate of drug-likeness (QED) is 0.323. The third-order valence-electron chi connectivity index (χ3n) is 6.41. The van der Waals surface area contributed by atoms with Gasteiger partial charge in [0, 0.05) is 13.1 Å². The van der Waals surface area contributed by atoms with Crippen molar-refractivity contribution >= 4 is 27.5 Å². The maximum absolute atomic E-state index is 14.1. The van der Waals surface area contributed by atoms with Crippen molar-refractivity contribution in [2.45, 2.75) is 51.1 Å². The van der Waals surface area contributed by atoms with Crippen LogP contribution in [0.1, 0.15) is 37.8 Å². The van der Waals surface area contributed by atoms with Gasteiger partial charge in [0.2, 0.25) is 11.8 Å². The van der Waals surface area contributed by atoms with Crippen LogP contribution in [0.25, 0.3) is 0 Å². The van der Waals surface area contributed by atoms with Crippen molar-refractivity contribution in [3.8, 4) is 5.75 Å². The van der Waals surface area contributed by atoms with E-state index in [1.54, 1.807) is 43.3 Å². The molecule has 0 aromatic heterocycles. The smallest absolute Gasteiger partial charge is 0.264 e. The Morgan fingerprint density at radius 1 is 1.00 bits per heavy atom. The largest absolute Gasteiger partial charge is 0.495 e. The van der Waals surface area contributed by atoms with E-state index in [1.807, 2.05) is 13.8 Å². The minimum absolute atomic E-state index is 0.00386. The van der Waals surface area contributed by atoms with Crippen molar-refractivity contribution in [3.63, 3.8) is 0 Å². The van der Waals surface area contributed by atoms with Crippen LogP contribution in [-0.2, 0) is 26.2 Å². The summed E-state index contributed by atoms with van der Waals surface area (Å²) in [7, 11) is -2.80. The van der Waals surface area contributed by atoms with Gasteiger partial charge in [-0.1, -0.05) is 50.2 Å². The number of hydrogen-bond donors (Lipinski definition) is 1. The van der Waals surface area contributed by atoms with Crippen LogP contribution in [0.3, 0.4) is 0 Å². The average Bonchev–Trinajstić information content (AvgIpc) is 2.95. The van der Waals surface area contributed by atoms with Gasteiger partial charge in [-0.3, -0.25) is 13.9 Å². The van der Waals surface area contributed by atoms with Crippen molar-refractivity contribution in [1.82, 2.24) is 10.2 Å². The molecule has 0 spiro atoms. The van der Waals surface area contributed by atoms with E-state index in [1.165, 1.54) is 48.4 Å². The zero-order chi connectivity index (χ0) is 29.3. The second-order valence-electron chi connectivity index (χ2n) is 9.36. The number of carbonyl (C=O) groups is 2. The van der Waals surface area contributed by atoms with Crippen molar-refractivity contribution in [1.29, 1.82) is 0 Å². The SMILES string of the molecule is CCCNC(=O)[C@H](CC)N(Cc1ccc(F)cc1)C(=O)CN(c1cc(C)ccc1OC)S(=O)(=O)c1ccccc1. The Bertz CT molecular complexity index is 1400. The molecule has 2 amide bonds. The lowest BCUT2D eigenvalue weighted by Gasteiger charge is -2.33. The molecular formula is C30H36FN3O5S. The standard InChI is InChI=1S/C30H36FN3O5S/c1-5-18-32-30(36)26(6-2)33(20-23-13-15-24(31)16-14-23)29(35)21-34(27-19-22(3)12-17-28(27)39-4)40(37,38)25-10-8-7-9-11-25/h7-17,19,26H,5-6,18,20-21H2,1-4H3,(H,32,36)/t26-/m0/s1. The molecule has 214 valence electrons. The normalized spacial score (nSPS) is 11.9. The monoisotopic (exact) mass is 569 g/mol. The molecule has 3 rings (SSSR count). The van der Waals surface area contributed by atoms with E-state index < -0.39 is 34.3 Å². The van der Waals surface area contributed by atoms with Crippen LogP contribution in [0.4, 0.5) is 10.1 Å². The Hall–Kier alpha value is -3.92. The molecular weight excluding hydrogens is 533 g/mol. The molecule has 0 aliphatic heterocycles. The number of benzene rings is 3. The van der Waals surface area contributed by atoms with Gasteiger partial charge < -0.3 is 15.0 Å². The van der Waals surface area contributed by atoms with E-state index in [4.69, 9.17) is 4.74 Å². The highest BCUT2D eigenvalue weighted by molar-refractivity contribution is 7.92. The van der Waals surface area contributed by atoms with Gasteiger partial charge in [0.05, 0.1) is 17.7 Å². The van der Waals surface area contributed by atoms with E-state index in [-0.39, 0.29) is 28.8 Å². The number of nitrogens with zero attached hydrogens (tertiary/aromatic N) is 2. The highest BCUT2D eigenvalue weighted by Gasteiger charge is 2.34. The molecule has 0 radical (unpaired) electrons. The van der Waals surface area contributed by atoms with E-state index >= 15 is 0 Å². The summed E-state index contributed by atoms with van der Waals surface area (Å²) in [5.74, 6) is -1.09. The lowest BCUT2D eigenvalue weighted by Crippen LogP contribution is -2.52. The number of amides is 2. The predicted octanol–water partition coefficient (Wildman–Crippen LogP) is 4.67. The van der Waals surface area contributed by atoms with E-state index in [0.717, 1.165) is 9.87 Å². The molecule has 0 bridgehead atoms. The van der Waals surface area contributed by atoms with Crippen LogP contribution < -0.4 is 14.4 Å². The minimum Gasteiger partial charge on any atom is -0.495 e. The number of anilines is 1. The lowest BCUT2D eigenvalue weighted by atomic mass is 10.1. The maximum Gasteiger partial charge on any atom is 0.264 e. The minimum atomic E-state index is -4.22. The Kier molecular flexibility index (Phi) is 10.7. The second kappa shape index (κ2) is 13.9. The van der Waals surface area contributed by atoms with Crippen LogP contribution in [0.15, 0.2) is 77.7 Å². The molecule has 10 heteroatoms. The zero-order valence-electron chi connectivity index (χ0n) is 23.3. The summed E-state index contributed by atoms with van der Waals surface area (Å²) in [5, 5.41) is 2.84. The molecule has 3 aromatic rings. The summed E-state index contributed by atoms with van der Waals surface area (Å²) in [6.45, 7) is 5.34. The summed E-state index contributed by atoms with van der Waals surface area (Å²) in [6, 6.07) is 17.6. The number of methoxy groups -OCH3 is 1. The highest BCUT2D eigenvalue weighted by Crippen LogP contribution is 2.33. The molecule has 0 fully saturated rings. The van der Waals surface area contributed by atoms with Gasteiger partial charge in [0.1, 0.15) is 24.2 Å². The van der Waals surface area contributed by atoms with Gasteiger partial charge in [-0.2, -0.15) is 0 Å². The number of rotatable bonds is 13. The molecule has 0 saturated heterocycles. The molecule has 40 heavy (non-hydrogen) atoms. The van der Waals surface area contributed by atoms with E-state index in [2.05, 4.69) is 5.32 Å². The van der Waals surface area contributed by atoms with Gasteiger partial charge in [-0.15, -0.1) is 0 Å². The first-order valence-corrected chi connectivity index (χ1v) is 14.6. The molecule has 8 nitrogen and oxygen atoms in total. The van der Waals surface area contributed by atoms with Crippen molar-refractivity contribution < 1.29 is 27.1 Å².